The molecule has 1 aliphatic rings. The van der Waals surface area contributed by atoms with Crippen molar-refractivity contribution >= 4 is 40.5 Å². The molecule has 1 heterocycles. The Bertz CT molecular complexity index is 1280. The van der Waals surface area contributed by atoms with Gasteiger partial charge in [-0.2, -0.15) is 0 Å². The van der Waals surface area contributed by atoms with E-state index in [-0.39, 0.29) is 29.0 Å². The maximum Gasteiger partial charge on any atom is 0.336 e. The van der Waals surface area contributed by atoms with Gasteiger partial charge in [-0.25, -0.2) is 4.79 Å². The normalized spacial score (nSPS) is 13.6. The van der Waals surface area contributed by atoms with Crippen LogP contribution < -0.4 is 14.2 Å². The molecule has 1 N–H and O–H groups in total. The molecule has 0 unspecified atom stereocenters. The first-order chi connectivity index (χ1) is 17.4. The molecule has 0 aromatic heterocycles. The molecular weight excluding hydrogens is 482 g/mol. The molecule has 1 saturated heterocycles. The zero-order valence-corrected chi connectivity index (χ0v) is 20.4. The number of ether oxygens (including phenoxy) is 3. The molecule has 3 aromatic rings. The number of carbonyl (C=O) groups excluding carboxylic acids is 2. The summed E-state index contributed by atoms with van der Waals surface area (Å²) in [4.78, 5) is 36.8. The van der Waals surface area contributed by atoms with Crippen molar-refractivity contribution in [1.82, 2.24) is 4.90 Å². The second-order valence-corrected chi connectivity index (χ2v) is 8.74. The minimum atomic E-state index is -1.07. The van der Waals surface area contributed by atoms with Gasteiger partial charge in [0.2, 0.25) is 5.91 Å². The van der Waals surface area contributed by atoms with Gasteiger partial charge in [0, 0.05) is 6.07 Å². The Morgan fingerprint density at radius 1 is 0.917 bits per heavy atom. The molecule has 0 spiro atoms. The summed E-state index contributed by atoms with van der Waals surface area (Å²) in [5, 5.41) is 9.56. The highest BCUT2D eigenvalue weighted by Crippen LogP contribution is 2.29. The highest BCUT2D eigenvalue weighted by Gasteiger charge is 2.29. The summed E-state index contributed by atoms with van der Waals surface area (Å²) < 4.78 is 16.4. The van der Waals surface area contributed by atoms with Crippen LogP contribution in [-0.4, -0.2) is 47.1 Å². The Balaban J connectivity index is 1.48. The fraction of sp³-hybridized carbons (Fsp3) is 0.148. The minimum absolute atomic E-state index is 0.102. The van der Waals surface area contributed by atoms with Crippen molar-refractivity contribution in [2.24, 2.45) is 0 Å². The second kappa shape index (κ2) is 11.0. The second-order valence-electron chi connectivity index (χ2n) is 7.81. The number of carbonyl (C=O) groups is 3. The number of amides is 2. The van der Waals surface area contributed by atoms with E-state index in [1.165, 1.54) is 19.1 Å². The van der Waals surface area contributed by atoms with E-state index in [0.717, 1.165) is 17.3 Å². The van der Waals surface area contributed by atoms with Crippen LogP contribution in [0.15, 0.2) is 66.7 Å². The number of hydrogen-bond donors (Lipinski definition) is 1. The lowest BCUT2D eigenvalue weighted by Crippen LogP contribution is -2.27. The summed E-state index contributed by atoms with van der Waals surface area (Å²) in [6, 6.07) is 19.0. The summed E-state index contributed by atoms with van der Waals surface area (Å²) in [6.45, 7) is 0.225. The third-order valence-corrected chi connectivity index (χ3v) is 6.28. The van der Waals surface area contributed by atoms with Crippen LogP contribution in [0.5, 0.6) is 23.0 Å². The third kappa shape index (κ3) is 5.87. The number of rotatable bonds is 9. The first kappa shape index (κ1) is 24.9. The highest BCUT2D eigenvalue weighted by molar-refractivity contribution is 8.14. The zero-order valence-electron chi connectivity index (χ0n) is 19.6. The average Bonchev–Trinajstić information content (AvgIpc) is 3.20. The van der Waals surface area contributed by atoms with Gasteiger partial charge in [0.1, 0.15) is 23.0 Å². The molecule has 36 heavy (non-hydrogen) atoms. The van der Waals surface area contributed by atoms with Crippen LogP contribution in [0.2, 0.25) is 0 Å². The van der Waals surface area contributed by atoms with Crippen LogP contribution in [0.25, 0.3) is 11.6 Å². The van der Waals surface area contributed by atoms with Crippen LogP contribution in [0, 0.1) is 0 Å². The molecule has 184 valence electrons. The van der Waals surface area contributed by atoms with E-state index < -0.39 is 5.97 Å². The van der Waals surface area contributed by atoms with Gasteiger partial charge in [-0.15, -0.1) is 0 Å². The van der Waals surface area contributed by atoms with E-state index >= 15 is 0 Å². The van der Waals surface area contributed by atoms with Gasteiger partial charge < -0.3 is 19.3 Å². The number of nitrogens with zero attached hydrogens (tertiary/aromatic N) is 1. The lowest BCUT2D eigenvalue weighted by Gasteiger charge is -2.13. The van der Waals surface area contributed by atoms with Crippen molar-refractivity contribution in [2.45, 2.75) is 6.54 Å². The van der Waals surface area contributed by atoms with Crippen LogP contribution in [0.3, 0.4) is 0 Å². The van der Waals surface area contributed by atoms with Crippen LogP contribution in [0.1, 0.15) is 16.7 Å². The molecule has 4 rings (SSSR count). The van der Waals surface area contributed by atoms with Crippen molar-refractivity contribution in [3.05, 3.63) is 83.4 Å². The summed E-state index contributed by atoms with van der Waals surface area (Å²) in [5.41, 5.74) is 2.04. The predicted octanol–water partition coefficient (Wildman–Crippen LogP) is 5.32. The number of carboxylic acids is 1. The molecule has 9 heteroatoms. The lowest BCUT2D eigenvalue weighted by atomic mass is 10.0. The van der Waals surface area contributed by atoms with Crippen LogP contribution in [-0.2, 0) is 16.1 Å². The Kier molecular flexibility index (Phi) is 7.60. The van der Waals surface area contributed by atoms with Gasteiger partial charge in [-0.1, -0.05) is 36.0 Å². The van der Waals surface area contributed by atoms with Crippen molar-refractivity contribution in [1.29, 1.82) is 0 Å². The Labute approximate surface area is 212 Å². The van der Waals surface area contributed by atoms with Crippen LogP contribution in [0.4, 0.5) is 4.79 Å². The third-order valence-electron chi connectivity index (χ3n) is 5.42. The minimum Gasteiger partial charge on any atom is -0.497 e. The number of imide groups is 1. The summed E-state index contributed by atoms with van der Waals surface area (Å²) in [6.07, 6.45) is 1.55. The van der Waals surface area contributed by atoms with Gasteiger partial charge in [0.05, 0.1) is 32.1 Å². The van der Waals surface area contributed by atoms with E-state index in [2.05, 4.69) is 0 Å². The molecule has 0 atom stereocenters. The number of aliphatic carboxylic acids is 1. The summed E-state index contributed by atoms with van der Waals surface area (Å²) in [5.74, 6) is 1.12. The highest BCUT2D eigenvalue weighted by atomic mass is 32.2. The molecule has 3 aromatic carbocycles. The standard InChI is InChI=1S/C27H23NO7S/c1-33-22-11-18(12-23(14-22)34-2)13-24(26(30)31)19-5-9-21(10-6-19)35-20-7-3-17(4-8-20)15-28-25(29)16-36-27(28)32/h3-14H,15-16H2,1-2H3,(H,30,31). The average molecular weight is 506 g/mol. The molecular formula is C27H23NO7S. The Morgan fingerprint density at radius 3 is 2.00 bits per heavy atom. The van der Waals surface area contributed by atoms with E-state index in [9.17, 15) is 19.5 Å². The molecule has 2 amide bonds. The molecule has 0 aliphatic carbocycles. The zero-order chi connectivity index (χ0) is 25.7. The molecule has 0 radical (unpaired) electrons. The van der Waals surface area contributed by atoms with Crippen molar-refractivity contribution in [3.8, 4) is 23.0 Å². The topological polar surface area (TPSA) is 102 Å². The molecule has 0 saturated carbocycles. The molecule has 0 bridgehead atoms. The summed E-state index contributed by atoms with van der Waals surface area (Å²) >= 11 is 1.01. The van der Waals surface area contributed by atoms with Crippen molar-refractivity contribution < 1.29 is 33.7 Å². The largest absolute Gasteiger partial charge is 0.497 e. The number of carboxylic acid groups (broad SMARTS) is 1. The van der Waals surface area contributed by atoms with Gasteiger partial charge in [0.15, 0.2) is 0 Å². The van der Waals surface area contributed by atoms with Gasteiger partial charge in [-0.3, -0.25) is 14.5 Å². The van der Waals surface area contributed by atoms with Crippen molar-refractivity contribution in [2.75, 3.05) is 20.0 Å². The maximum atomic E-state index is 12.0. The Morgan fingerprint density at radius 2 is 1.50 bits per heavy atom. The lowest BCUT2D eigenvalue weighted by molar-refractivity contribution is -0.130. The maximum absolute atomic E-state index is 12.0. The first-order valence-corrected chi connectivity index (χ1v) is 11.9. The van der Waals surface area contributed by atoms with Crippen molar-refractivity contribution in [3.63, 3.8) is 0 Å². The number of thioether (sulfide) groups is 1. The monoisotopic (exact) mass is 505 g/mol. The first-order valence-electron chi connectivity index (χ1n) is 10.9. The number of methoxy groups -OCH3 is 2. The predicted molar refractivity (Wildman–Crippen MR) is 136 cm³/mol. The van der Waals surface area contributed by atoms with E-state index in [1.54, 1.807) is 72.8 Å². The van der Waals surface area contributed by atoms with Gasteiger partial charge in [-0.05, 0) is 59.2 Å². The quantitative estimate of drug-likeness (QED) is 0.308. The SMILES string of the molecule is COc1cc(C=C(C(=O)O)c2ccc(Oc3ccc(CN4C(=O)CSC4=O)cc3)cc2)cc(OC)c1. The van der Waals surface area contributed by atoms with Crippen LogP contribution >= 0.6 is 11.8 Å². The van der Waals surface area contributed by atoms with E-state index in [1.807, 2.05) is 0 Å². The molecule has 1 aliphatic heterocycles. The smallest absolute Gasteiger partial charge is 0.336 e. The number of hydrogen-bond acceptors (Lipinski definition) is 7. The fourth-order valence-corrected chi connectivity index (χ4v) is 4.29. The Hall–Kier alpha value is -4.24. The van der Waals surface area contributed by atoms with Gasteiger partial charge >= 0.3 is 5.97 Å². The fourth-order valence-electron chi connectivity index (χ4n) is 3.57. The van der Waals surface area contributed by atoms with Gasteiger partial charge in [0.25, 0.3) is 5.24 Å². The molecule has 8 nitrogen and oxygen atoms in total. The number of benzene rings is 3. The van der Waals surface area contributed by atoms with E-state index in [0.29, 0.717) is 34.1 Å². The summed E-state index contributed by atoms with van der Waals surface area (Å²) in [7, 11) is 3.06. The molecule has 1 fully saturated rings. The van der Waals surface area contributed by atoms with E-state index in [4.69, 9.17) is 14.2 Å².